The lowest BCUT2D eigenvalue weighted by molar-refractivity contribution is 0.283. The highest BCUT2D eigenvalue weighted by Gasteiger charge is 2.27. The van der Waals surface area contributed by atoms with E-state index in [0.717, 1.165) is 23.7 Å². The normalized spacial score (nSPS) is 12.1. The third kappa shape index (κ3) is 2.59. The Balaban J connectivity index is 2.85. The average Bonchev–Trinajstić information content (AvgIpc) is 2.42. The van der Waals surface area contributed by atoms with Crippen LogP contribution in [0.1, 0.15) is 45.8 Å². The molecule has 1 nitrogen and oxygen atoms in total. The van der Waals surface area contributed by atoms with Crippen molar-refractivity contribution in [2.24, 2.45) is 0 Å². The molecule has 1 rings (SSSR count). The molecule has 0 atom stereocenters. The van der Waals surface area contributed by atoms with Gasteiger partial charge in [0.1, 0.15) is 5.76 Å². The van der Waals surface area contributed by atoms with Gasteiger partial charge in [0.25, 0.3) is 6.01 Å². The van der Waals surface area contributed by atoms with Gasteiger partial charge in [0.15, 0.2) is 0 Å². The van der Waals surface area contributed by atoms with Gasteiger partial charge in [-0.25, -0.2) is 0 Å². The number of rotatable bonds is 4. The number of furan rings is 1. The summed E-state index contributed by atoms with van der Waals surface area (Å²) in [6, 6.07) is 0.861. The topological polar surface area (TPSA) is 13.1 Å². The van der Waals surface area contributed by atoms with Crippen molar-refractivity contribution in [2.45, 2.75) is 45.4 Å². The molecule has 0 amide bonds. The third-order valence-electron chi connectivity index (χ3n) is 2.43. The zero-order valence-electron chi connectivity index (χ0n) is 8.86. The molecule has 0 aliphatic carbocycles. The molecule has 3 heteroatoms. The van der Waals surface area contributed by atoms with Crippen molar-refractivity contribution in [3.63, 3.8) is 0 Å². The monoisotopic (exact) mass is 262 g/mol. The van der Waals surface area contributed by atoms with Crippen LogP contribution in [0.25, 0.3) is 0 Å². The molecule has 80 valence electrons. The van der Waals surface area contributed by atoms with Gasteiger partial charge in [0.2, 0.25) is 0 Å². The standard InChI is InChI=1S/C11H16BrFO/c1-4-5-6-11(2,3)10-8(12)7-9(13)14-10/h7H,4-6H2,1-3H3. The van der Waals surface area contributed by atoms with Crippen LogP contribution in [0.2, 0.25) is 0 Å². The van der Waals surface area contributed by atoms with Gasteiger partial charge in [-0.15, -0.1) is 0 Å². The Morgan fingerprint density at radius 1 is 1.50 bits per heavy atom. The summed E-state index contributed by atoms with van der Waals surface area (Å²) < 4.78 is 18.6. The molecular formula is C11H16BrFO. The van der Waals surface area contributed by atoms with E-state index in [1.807, 2.05) is 0 Å². The summed E-state index contributed by atoms with van der Waals surface area (Å²) >= 11 is 3.31. The lowest BCUT2D eigenvalue weighted by Gasteiger charge is -2.22. The smallest absolute Gasteiger partial charge is 0.279 e. The van der Waals surface area contributed by atoms with Gasteiger partial charge < -0.3 is 4.42 Å². The highest BCUT2D eigenvalue weighted by atomic mass is 79.9. The first kappa shape index (κ1) is 11.8. The molecule has 0 saturated heterocycles. The first-order valence-corrected chi connectivity index (χ1v) is 5.72. The van der Waals surface area contributed by atoms with Crippen LogP contribution in [0.5, 0.6) is 0 Å². The zero-order valence-corrected chi connectivity index (χ0v) is 10.4. The summed E-state index contributed by atoms with van der Waals surface area (Å²) in [5.74, 6) is 0.712. The van der Waals surface area contributed by atoms with Crippen molar-refractivity contribution in [1.29, 1.82) is 0 Å². The second-order valence-corrected chi connectivity index (χ2v) is 5.07. The second-order valence-electron chi connectivity index (χ2n) is 4.22. The maximum atomic E-state index is 12.8. The van der Waals surface area contributed by atoms with Crippen molar-refractivity contribution in [3.05, 3.63) is 22.3 Å². The Hall–Kier alpha value is -0.310. The van der Waals surface area contributed by atoms with E-state index in [-0.39, 0.29) is 5.41 Å². The summed E-state index contributed by atoms with van der Waals surface area (Å²) in [4.78, 5) is 0. The lowest BCUT2D eigenvalue weighted by Crippen LogP contribution is -2.16. The third-order valence-corrected chi connectivity index (χ3v) is 3.02. The summed E-state index contributed by atoms with van der Waals surface area (Å²) in [5, 5.41) is 0. The van der Waals surface area contributed by atoms with Gasteiger partial charge in [-0.1, -0.05) is 33.6 Å². The van der Waals surface area contributed by atoms with E-state index < -0.39 is 6.01 Å². The fraction of sp³-hybridized carbons (Fsp3) is 0.636. The van der Waals surface area contributed by atoms with Crippen molar-refractivity contribution in [2.75, 3.05) is 0 Å². The van der Waals surface area contributed by atoms with E-state index >= 15 is 0 Å². The van der Waals surface area contributed by atoms with E-state index in [2.05, 4.69) is 36.7 Å². The van der Waals surface area contributed by atoms with E-state index in [9.17, 15) is 4.39 Å². The quantitative estimate of drug-likeness (QED) is 0.770. The Kier molecular flexibility index (Phi) is 3.76. The van der Waals surface area contributed by atoms with Crippen LogP contribution in [-0.2, 0) is 5.41 Å². The minimum atomic E-state index is -0.517. The van der Waals surface area contributed by atoms with Crippen LogP contribution in [-0.4, -0.2) is 0 Å². The molecule has 0 spiro atoms. The van der Waals surface area contributed by atoms with E-state index in [1.165, 1.54) is 6.07 Å². The molecule has 0 bridgehead atoms. The van der Waals surface area contributed by atoms with Crippen LogP contribution in [0, 0.1) is 6.01 Å². The summed E-state index contributed by atoms with van der Waals surface area (Å²) in [6.07, 6.45) is 3.28. The predicted octanol–water partition coefficient (Wildman–Crippen LogP) is 4.65. The molecule has 0 aliphatic heterocycles. The second kappa shape index (κ2) is 4.47. The highest BCUT2D eigenvalue weighted by molar-refractivity contribution is 9.10. The number of halogens is 2. The molecule has 0 fully saturated rings. The molecular weight excluding hydrogens is 247 g/mol. The SMILES string of the molecule is CCCCC(C)(C)c1oc(F)cc1Br. The molecule has 1 aromatic heterocycles. The summed E-state index contributed by atoms with van der Waals surface area (Å²) in [6.45, 7) is 6.30. The van der Waals surface area contributed by atoms with Crippen molar-refractivity contribution in [1.82, 2.24) is 0 Å². The van der Waals surface area contributed by atoms with Crippen molar-refractivity contribution < 1.29 is 8.81 Å². The molecule has 1 heterocycles. The van der Waals surface area contributed by atoms with E-state index in [4.69, 9.17) is 4.42 Å². The molecule has 0 aromatic carbocycles. The van der Waals surface area contributed by atoms with Crippen LogP contribution >= 0.6 is 15.9 Å². The minimum Gasteiger partial charge on any atom is -0.434 e. The average molecular weight is 263 g/mol. The first-order valence-electron chi connectivity index (χ1n) is 4.92. The molecule has 0 N–H and O–H groups in total. The zero-order chi connectivity index (χ0) is 10.8. The number of hydrogen-bond donors (Lipinski definition) is 0. The Morgan fingerprint density at radius 3 is 2.57 bits per heavy atom. The molecule has 14 heavy (non-hydrogen) atoms. The van der Waals surface area contributed by atoms with Gasteiger partial charge >= 0.3 is 0 Å². The fourth-order valence-corrected chi connectivity index (χ4v) is 2.33. The van der Waals surface area contributed by atoms with Crippen molar-refractivity contribution in [3.8, 4) is 0 Å². The van der Waals surface area contributed by atoms with Gasteiger partial charge in [-0.2, -0.15) is 4.39 Å². The minimum absolute atomic E-state index is 0.0980. The lowest BCUT2D eigenvalue weighted by atomic mass is 9.85. The van der Waals surface area contributed by atoms with Crippen LogP contribution < -0.4 is 0 Å². The van der Waals surface area contributed by atoms with Gasteiger partial charge in [-0.3, -0.25) is 0 Å². The first-order chi connectivity index (χ1) is 6.47. The molecule has 0 aliphatic rings. The molecule has 0 unspecified atom stereocenters. The van der Waals surface area contributed by atoms with Gasteiger partial charge in [0, 0.05) is 11.5 Å². The van der Waals surface area contributed by atoms with Crippen LogP contribution in [0.3, 0.4) is 0 Å². The van der Waals surface area contributed by atoms with E-state index in [1.54, 1.807) is 0 Å². The van der Waals surface area contributed by atoms with Gasteiger partial charge in [-0.05, 0) is 22.4 Å². The number of unbranched alkanes of at least 4 members (excludes halogenated alkanes) is 1. The number of hydrogen-bond acceptors (Lipinski definition) is 1. The Morgan fingerprint density at radius 2 is 2.14 bits per heavy atom. The fourth-order valence-electron chi connectivity index (χ4n) is 1.53. The van der Waals surface area contributed by atoms with Crippen molar-refractivity contribution >= 4 is 15.9 Å². The molecule has 0 radical (unpaired) electrons. The molecule has 1 aromatic rings. The molecule has 0 saturated carbocycles. The predicted molar refractivity (Wildman–Crippen MR) is 58.9 cm³/mol. The van der Waals surface area contributed by atoms with E-state index in [0.29, 0.717) is 5.76 Å². The summed E-state index contributed by atoms with van der Waals surface area (Å²) in [5.41, 5.74) is -0.0980. The highest BCUT2D eigenvalue weighted by Crippen LogP contribution is 2.35. The maximum absolute atomic E-state index is 12.8. The summed E-state index contributed by atoms with van der Waals surface area (Å²) in [7, 11) is 0. The largest absolute Gasteiger partial charge is 0.434 e. The maximum Gasteiger partial charge on any atom is 0.279 e. The van der Waals surface area contributed by atoms with Crippen LogP contribution in [0.15, 0.2) is 15.0 Å². The Bertz CT molecular complexity index is 304. The van der Waals surface area contributed by atoms with Crippen LogP contribution in [0.4, 0.5) is 4.39 Å². The van der Waals surface area contributed by atoms with Gasteiger partial charge in [0.05, 0.1) is 4.47 Å². The Labute approximate surface area is 92.8 Å².